The van der Waals surface area contributed by atoms with Crippen LogP contribution in [0.1, 0.15) is 46.3 Å². The molecular formula is C27H22ClN. The van der Waals surface area contributed by atoms with E-state index in [9.17, 15) is 0 Å². The lowest BCUT2D eigenvalue weighted by molar-refractivity contribution is -0.732. The maximum absolute atomic E-state index is 2.51. The molecule has 0 fully saturated rings. The molecule has 1 aromatic heterocycles. The summed E-state index contributed by atoms with van der Waals surface area (Å²) in [5.41, 5.74) is 7.17. The first-order valence-electron chi connectivity index (χ1n) is 10.1. The summed E-state index contributed by atoms with van der Waals surface area (Å²) in [6.45, 7) is 0. The van der Waals surface area contributed by atoms with Gasteiger partial charge < -0.3 is 12.4 Å². The molecule has 3 aromatic carbocycles. The molecule has 142 valence electrons. The Morgan fingerprint density at radius 2 is 1.17 bits per heavy atom. The predicted molar refractivity (Wildman–Crippen MR) is 111 cm³/mol. The summed E-state index contributed by atoms with van der Waals surface area (Å²) in [5.74, 6) is 0.305. The lowest BCUT2D eigenvalue weighted by Gasteiger charge is -2.50. The summed E-state index contributed by atoms with van der Waals surface area (Å²) in [4.78, 5) is 0. The number of fused-ring (bicyclic) bond motifs is 1. The molecule has 0 amide bonds. The number of aromatic nitrogens is 1. The molecule has 29 heavy (non-hydrogen) atoms. The summed E-state index contributed by atoms with van der Waals surface area (Å²) in [6.07, 6.45) is 3.35. The molecule has 2 aliphatic heterocycles. The van der Waals surface area contributed by atoms with E-state index in [1.807, 2.05) is 0 Å². The minimum absolute atomic E-state index is 0. The number of nitrogens with zero attached hydrogens (tertiary/aromatic N) is 1. The molecule has 2 atom stereocenters. The largest absolute Gasteiger partial charge is 1.00 e. The highest BCUT2D eigenvalue weighted by Gasteiger charge is 2.58. The molecule has 2 heteroatoms. The van der Waals surface area contributed by atoms with Gasteiger partial charge in [0.25, 0.3) is 0 Å². The third kappa shape index (κ3) is 2.44. The molecule has 1 nitrogen and oxygen atoms in total. The van der Waals surface area contributed by atoms with Crippen molar-refractivity contribution in [3.05, 3.63) is 137 Å². The zero-order valence-corrected chi connectivity index (χ0v) is 16.8. The Morgan fingerprint density at radius 1 is 0.621 bits per heavy atom. The van der Waals surface area contributed by atoms with Gasteiger partial charge in [0, 0.05) is 29.5 Å². The Bertz CT molecular complexity index is 1070. The monoisotopic (exact) mass is 395 g/mol. The van der Waals surface area contributed by atoms with E-state index in [1.165, 1.54) is 27.9 Å². The Morgan fingerprint density at radius 3 is 1.83 bits per heavy atom. The van der Waals surface area contributed by atoms with E-state index in [0.29, 0.717) is 12.0 Å². The van der Waals surface area contributed by atoms with Crippen molar-refractivity contribution < 1.29 is 17.0 Å². The molecule has 7 rings (SSSR count). The molecule has 0 saturated heterocycles. The van der Waals surface area contributed by atoms with Gasteiger partial charge in [0.2, 0.25) is 0 Å². The van der Waals surface area contributed by atoms with Crippen molar-refractivity contribution in [2.75, 3.05) is 0 Å². The summed E-state index contributed by atoms with van der Waals surface area (Å²) in [7, 11) is 0. The summed E-state index contributed by atoms with van der Waals surface area (Å²) in [6, 6.07) is 38.4. The topological polar surface area (TPSA) is 3.88 Å². The van der Waals surface area contributed by atoms with Crippen LogP contribution < -0.4 is 17.0 Å². The highest BCUT2D eigenvalue weighted by atomic mass is 35.5. The fraction of sp³-hybridized carbons (Fsp3) is 0.148. The second-order valence-corrected chi connectivity index (χ2v) is 8.02. The third-order valence-corrected chi connectivity index (χ3v) is 6.81. The summed E-state index contributed by atoms with van der Waals surface area (Å²) >= 11 is 0. The van der Waals surface area contributed by atoms with Gasteiger partial charge in [0.15, 0.2) is 17.9 Å². The lowest BCUT2D eigenvalue weighted by atomic mass is 9.53. The van der Waals surface area contributed by atoms with E-state index in [0.717, 1.165) is 6.42 Å². The van der Waals surface area contributed by atoms with Crippen molar-refractivity contribution in [2.24, 2.45) is 0 Å². The number of hydrogen-bond acceptors (Lipinski definition) is 0. The number of rotatable bonds is 2. The first-order valence-corrected chi connectivity index (χ1v) is 10.1. The van der Waals surface area contributed by atoms with Crippen molar-refractivity contribution >= 4 is 0 Å². The molecule has 0 N–H and O–H groups in total. The highest BCUT2D eigenvalue weighted by molar-refractivity contribution is 5.54. The van der Waals surface area contributed by atoms with Gasteiger partial charge in [0.1, 0.15) is 0 Å². The fourth-order valence-electron chi connectivity index (χ4n) is 5.74. The molecule has 0 spiro atoms. The minimum Gasteiger partial charge on any atom is -1.00 e. The maximum Gasteiger partial charge on any atom is 0.190 e. The van der Waals surface area contributed by atoms with Crippen LogP contribution in [-0.4, -0.2) is 0 Å². The summed E-state index contributed by atoms with van der Waals surface area (Å²) in [5, 5.41) is 0. The fourth-order valence-corrected chi connectivity index (χ4v) is 5.74. The predicted octanol–water partition coefficient (Wildman–Crippen LogP) is 2.40. The molecule has 2 unspecified atom stereocenters. The Kier molecular flexibility index (Phi) is 4.29. The van der Waals surface area contributed by atoms with Gasteiger partial charge in [-0.1, -0.05) is 91.0 Å². The average Bonchev–Trinajstić information content (AvgIpc) is 2.80. The quantitative estimate of drug-likeness (QED) is 0.459. The molecule has 0 saturated carbocycles. The van der Waals surface area contributed by atoms with Gasteiger partial charge in [-0.25, -0.2) is 0 Å². The number of halogens is 1. The average molecular weight is 396 g/mol. The molecule has 0 radical (unpaired) electrons. The van der Waals surface area contributed by atoms with Crippen molar-refractivity contribution in [3.63, 3.8) is 0 Å². The van der Waals surface area contributed by atoms with Crippen molar-refractivity contribution in [1.82, 2.24) is 0 Å². The van der Waals surface area contributed by atoms with E-state index < -0.39 is 0 Å². The van der Waals surface area contributed by atoms with Crippen LogP contribution in [0, 0.1) is 0 Å². The summed E-state index contributed by atoms with van der Waals surface area (Å²) < 4.78 is 2.51. The van der Waals surface area contributed by atoms with Crippen LogP contribution in [0.3, 0.4) is 0 Å². The van der Waals surface area contributed by atoms with E-state index in [2.05, 4.69) is 114 Å². The molecule has 3 aliphatic rings. The number of hydrogen-bond donors (Lipinski definition) is 0. The first-order chi connectivity index (χ1) is 13.9. The van der Waals surface area contributed by atoms with Crippen molar-refractivity contribution in [3.8, 4) is 0 Å². The van der Waals surface area contributed by atoms with Crippen LogP contribution in [0.5, 0.6) is 0 Å². The van der Waals surface area contributed by atoms with Crippen molar-refractivity contribution in [1.29, 1.82) is 0 Å². The van der Waals surface area contributed by atoms with Gasteiger partial charge in [-0.15, -0.1) is 0 Å². The van der Waals surface area contributed by atoms with E-state index >= 15 is 0 Å². The van der Waals surface area contributed by atoms with E-state index in [1.54, 1.807) is 0 Å². The maximum atomic E-state index is 2.51. The molecule has 3 heterocycles. The smallest absolute Gasteiger partial charge is 0.190 e. The normalized spacial score (nSPS) is 20.3. The van der Waals surface area contributed by atoms with Gasteiger partial charge in [-0.05, 0) is 16.7 Å². The van der Waals surface area contributed by atoms with Crippen molar-refractivity contribution in [2.45, 2.75) is 23.8 Å². The van der Waals surface area contributed by atoms with Gasteiger partial charge in [-0.2, -0.15) is 4.57 Å². The Labute approximate surface area is 178 Å². The van der Waals surface area contributed by atoms with Crippen LogP contribution in [0.4, 0.5) is 0 Å². The zero-order valence-electron chi connectivity index (χ0n) is 16.1. The molecule has 4 aromatic rings. The van der Waals surface area contributed by atoms with Crippen LogP contribution >= 0.6 is 0 Å². The minimum atomic E-state index is -0.0527. The Balaban J connectivity index is 0.00000181. The van der Waals surface area contributed by atoms with E-state index in [4.69, 9.17) is 0 Å². The highest BCUT2D eigenvalue weighted by Crippen LogP contribution is 2.59. The van der Waals surface area contributed by atoms with Crippen LogP contribution in [-0.2, 0) is 5.41 Å². The molecule has 2 bridgehead atoms. The van der Waals surface area contributed by atoms with Gasteiger partial charge >= 0.3 is 0 Å². The van der Waals surface area contributed by atoms with Crippen LogP contribution in [0.15, 0.2) is 109 Å². The van der Waals surface area contributed by atoms with Crippen LogP contribution in [0.2, 0.25) is 0 Å². The van der Waals surface area contributed by atoms with E-state index in [-0.39, 0.29) is 17.8 Å². The second kappa shape index (κ2) is 6.86. The molecular weight excluding hydrogens is 374 g/mol. The third-order valence-electron chi connectivity index (χ3n) is 6.81. The standard InChI is InChI=1S/C27H22N.ClH/c1-3-11-20(12-4-1)27(21-13-5-2-6-14-21)19-25-22-15-7-8-16-23(22)26(27)24-17-9-10-18-28(24)25;/h1-18,25-26H,19H2;1H/q+1;/p-1. The van der Waals surface area contributed by atoms with Gasteiger partial charge in [0.05, 0.1) is 5.92 Å². The molecule has 1 aliphatic carbocycles. The second-order valence-electron chi connectivity index (χ2n) is 8.02. The van der Waals surface area contributed by atoms with Gasteiger partial charge in [-0.3, -0.25) is 0 Å². The lowest BCUT2D eigenvalue weighted by Crippen LogP contribution is -3.00. The number of benzene rings is 3. The Hall–Kier alpha value is -2.90. The SMILES string of the molecule is [Cl-].c1ccc(C2(c3ccccc3)CC3c4ccccc4C2c2cccc[n+]23)cc1. The number of pyridine rings is 1. The van der Waals surface area contributed by atoms with Crippen LogP contribution in [0.25, 0.3) is 0 Å². The first kappa shape index (κ1) is 18.1. The zero-order chi connectivity index (χ0) is 18.6.